The van der Waals surface area contributed by atoms with Crippen LogP contribution in [0, 0.1) is 0 Å². The van der Waals surface area contributed by atoms with Crippen LogP contribution in [0.2, 0.25) is 6.82 Å². The summed E-state index contributed by atoms with van der Waals surface area (Å²) >= 11 is 0. The molecule has 99 heavy (non-hydrogen) atoms. The third-order valence-electron chi connectivity index (χ3n) is 20.8. The molecule has 0 unspecified atom stereocenters. The Kier molecular flexibility index (Phi) is 14.0. The molecule has 3 aliphatic rings. The molecule has 15 aromatic carbocycles. The van der Waals surface area contributed by atoms with Crippen molar-refractivity contribution in [1.29, 1.82) is 0 Å². The second kappa shape index (κ2) is 23.9. The summed E-state index contributed by atoms with van der Waals surface area (Å²) in [4.78, 5) is 10.3. The fourth-order valence-corrected chi connectivity index (χ4v) is 16.1. The highest BCUT2D eigenvalue weighted by molar-refractivity contribution is 6.86. The highest BCUT2D eigenvalue weighted by Crippen LogP contribution is 2.54. The normalized spacial score (nSPS) is 12.9. The maximum Gasteiger partial charge on any atom is 0.211 e. The number of hydrogen-bond donors (Lipinski definition) is 0. The van der Waals surface area contributed by atoms with Gasteiger partial charge in [0.1, 0.15) is 0 Å². The van der Waals surface area contributed by atoms with E-state index in [1.807, 2.05) is 0 Å². The van der Waals surface area contributed by atoms with E-state index in [1.54, 1.807) is 0 Å². The van der Waals surface area contributed by atoms with Crippen molar-refractivity contribution in [1.82, 2.24) is 4.57 Å². The van der Waals surface area contributed by atoms with Crippen LogP contribution >= 0.6 is 0 Å². The Balaban J connectivity index is 0.986. The van der Waals surface area contributed by atoms with E-state index < -0.39 is 0 Å². The topological polar surface area (TPSA) is 17.9 Å². The first kappa shape index (κ1) is 57.8. The number of rotatable bonds is 9. The van der Waals surface area contributed by atoms with Crippen molar-refractivity contribution < 1.29 is 0 Å². The molecule has 0 fully saturated rings. The lowest BCUT2D eigenvalue weighted by atomic mass is 9.41. The summed E-state index contributed by atoms with van der Waals surface area (Å²) < 4.78 is 2.50. The second-order valence-electron chi connectivity index (χ2n) is 26.4. The van der Waals surface area contributed by atoms with Gasteiger partial charge < -0.3 is 24.2 Å². The van der Waals surface area contributed by atoms with Crippen molar-refractivity contribution in [3.63, 3.8) is 0 Å². The predicted octanol–water partition coefficient (Wildman–Crippen LogP) is 23.7. The van der Waals surface area contributed by atoms with Crippen molar-refractivity contribution in [3.05, 3.63) is 380 Å². The van der Waals surface area contributed by atoms with Crippen LogP contribution in [0.1, 0.15) is 22.3 Å². The molecule has 0 N–H and O–H groups in total. The van der Waals surface area contributed by atoms with E-state index in [0.717, 1.165) is 108 Å². The van der Waals surface area contributed by atoms with E-state index in [0.29, 0.717) is 0 Å². The number of benzene rings is 15. The van der Waals surface area contributed by atoms with Crippen LogP contribution in [0.15, 0.2) is 358 Å². The van der Waals surface area contributed by atoms with Gasteiger partial charge in [0.05, 0.1) is 39.5 Å². The SMILES string of the molecule is CB1c2cc(-c3ccccc3)c(N3c4ccccc4Cc4ccccc43)cc2N(c2ccc(-c3ccccc3)cc2)c2cc(cc(-n3c4ccccc4c4ccccc43)c2)N(c2ccc(-c3ccccc3)cc2)c2cc(N3c4ccccc4Cc4ccccc43)c(-c3ccccc3)cc21. The molecule has 4 heterocycles. The molecular weight excluding hydrogens is 1200 g/mol. The summed E-state index contributed by atoms with van der Waals surface area (Å²) in [5, 5.41) is 2.40. The molecule has 19 rings (SSSR count). The third kappa shape index (κ3) is 9.85. The summed E-state index contributed by atoms with van der Waals surface area (Å²) in [5.74, 6) is 0. The van der Waals surface area contributed by atoms with Gasteiger partial charge in [-0.25, -0.2) is 0 Å². The van der Waals surface area contributed by atoms with Gasteiger partial charge in [0, 0.05) is 80.2 Å². The van der Waals surface area contributed by atoms with E-state index in [2.05, 4.69) is 389 Å². The maximum absolute atomic E-state index is 2.58. The Morgan fingerprint density at radius 1 is 0.222 bits per heavy atom. The summed E-state index contributed by atoms with van der Waals surface area (Å²) in [7, 11) is 0. The lowest BCUT2D eigenvalue weighted by molar-refractivity contribution is 1.09. The first-order chi connectivity index (χ1) is 49.0. The quantitative estimate of drug-likeness (QED) is 0.134. The number of anilines is 12. The summed E-state index contributed by atoms with van der Waals surface area (Å²) in [5.41, 5.74) is 33.1. The molecular formula is C93H66BN5. The molecule has 16 aromatic rings. The molecule has 6 heteroatoms. The maximum atomic E-state index is 2.58. The lowest BCUT2D eigenvalue weighted by Gasteiger charge is -2.39. The molecule has 5 nitrogen and oxygen atoms in total. The van der Waals surface area contributed by atoms with Gasteiger partial charge in [-0.2, -0.15) is 0 Å². The van der Waals surface area contributed by atoms with Crippen LogP contribution in [0.4, 0.5) is 68.2 Å². The van der Waals surface area contributed by atoms with E-state index in [4.69, 9.17) is 0 Å². The van der Waals surface area contributed by atoms with Gasteiger partial charge in [0.25, 0.3) is 0 Å². The van der Waals surface area contributed by atoms with Gasteiger partial charge in [0.15, 0.2) is 0 Å². The van der Waals surface area contributed by atoms with Crippen LogP contribution < -0.4 is 30.5 Å². The summed E-state index contributed by atoms with van der Waals surface area (Å²) in [6.07, 6.45) is 1.68. The Morgan fingerprint density at radius 3 is 0.899 bits per heavy atom. The van der Waals surface area contributed by atoms with E-state index >= 15 is 0 Å². The number of nitrogens with zero attached hydrogens (tertiary/aromatic N) is 5. The average molecular weight is 1260 g/mol. The van der Waals surface area contributed by atoms with E-state index in [1.165, 1.54) is 77.8 Å². The van der Waals surface area contributed by atoms with Crippen molar-refractivity contribution in [2.24, 2.45) is 0 Å². The number of para-hydroxylation sites is 6. The number of hydrogen-bond acceptors (Lipinski definition) is 4. The van der Waals surface area contributed by atoms with Crippen molar-refractivity contribution in [2.45, 2.75) is 19.7 Å². The minimum absolute atomic E-state index is 0.247. The number of fused-ring (bicyclic) bond motifs is 11. The van der Waals surface area contributed by atoms with Gasteiger partial charge in [-0.05, 0) is 147 Å². The van der Waals surface area contributed by atoms with Gasteiger partial charge in [0.2, 0.25) is 6.71 Å². The fraction of sp³-hybridized carbons (Fsp3) is 0.0323. The van der Waals surface area contributed by atoms with Gasteiger partial charge >= 0.3 is 0 Å². The molecule has 0 amide bonds. The smallest absolute Gasteiger partial charge is 0.211 e. The van der Waals surface area contributed by atoms with E-state index in [-0.39, 0.29) is 6.71 Å². The number of aromatic nitrogens is 1. The zero-order chi connectivity index (χ0) is 65.5. The van der Waals surface area contributed by atoms with Gasteiger partial charge in [-0.1, -0.05) is 285 Å². The zero-order valence-corrected chi connectivity index (χ0v) is 54.8. The van der Waals surface area contributed by atoms with Crippen molar-refractivity contribution in [2.75, 3.05) is 19.6 Å². The molecule has 0 aliphatic carbocycles. The monoisotopic (exact) mass is 1260 g/mol. The molecule has 0 spiro atoms. The Labute approximate surface area is 578 Å². The Hall–Kier alpha value is -12.6. The molecule has 0 atom stereocenters. The van der Waals surface area contributed by atoms with Crippen LogP contribution in [-0.4, -0.2) is 11.3 Å². The predicted molar refractivity (Wildman–Crippen MR) is 418 cm³/mol. The Bertz CT molecular complexity index is 5330. The minimum atomic E-state index is -0.247. The largest absolute Gasteiger partial charge is 0.311 e. The first-order valence-corrected chi connectivity index (χ1v) is 34.5. The highest BCUT2D eigenvalue weighted by Gasteiger charge is 2.36. The van der Waals surface area contributed by atoms with Crippen LogP contribution in [0.5, 0.6) is 0 Å². The average Bonchev–Trinajstić information content (AvgIpc) is 1.65. The molecule has 1 aromatic heterocycles. The highest BCUT2D eigenvalue weighted by atomic mass is 15.2. The molecule has 0 saturated heterocycles. The lowest BCUT2D eigenvalue weighted by Crippen LogP contribution is -2.44. The standard InChI is InChI=1S/C93H66BN5/c1-94-82-59-80(67-30-10-4-11-31-67)90(98-84-40-20-14-34-69(84)54-70-35-15-21-41-85(70)98)61-92(82)95(73-50-46-65(47-51-73)63-26-6-2-7-27-63)75-56-76(58-77(57-75)97-88-44-24-18-38-78(88)79-39-19-25-45-89(79)97)96(74-52-48-66(49-53-74)64-28-8-3-9-29-64)93-62-91(81(60-83(93)94)68-32-12-5-13-33-68)99-86-42-22-16-36-71(86)55-72-37-17-23-43-87(72)99/h2-53,56-62H,54-55H2,1H3. The molecule has 0 saturated carbocycles. The molecule has 466 valence electrons. The molecule has 3 aliphatic heterocycles. The Morgan fingerprint density at radius 2 is 0.525 bits per heavy atom. The van der Waals surface area contributed by atoms with Gasteiger partial charge in [-0.3, -0.25) is 0 Å². The molecule has 0 radical (unpaired) electrons. The van der Waals surface area contributed by atoms with E-state index in [9.17, 15) is 0 Å². The van der Waals surface area contributed by atoms with Crippen LogP contribution in [0.25, 0.3) is 72.0 Å². The van der Waals surface area contributed by atoms with Crippen LogP contribution in [0.3, 0.4) is 0 Å². The minimum Gasteiger partial charge on any atom is -0.311 e. The fourth-order valence-electron chi connectivity index (χ4n) is 16.1. The summed E-state index contributed by atoms with van der Waals surface area (Å²) in [6, 6.07) is 134. The first-order valence-electron chi connectivity index (χ1n) is 34.5. The van der Waals surface area contributed by atoms with Crippen LogP contribution in [-0.2, 0) is 12.8 Å². The summed E-state index contributed by atoms with van der Waals surface area (Å²) in [6.45, 7) is 2.22. The third-order valence-corrected chi connectivity index (χ3v) is 20.8. The zero-order valence-electron chi connectivity index (χ0n) is 54.8. The van der Waals surface area contributed by atoms with Gasteiger partial charge in [-0.15, -0.1) is 0 Å². The van der Waals surface area contributed by atoms with Crippen molar-refractivity contribution in [3.8, 4) is 50.2 Å². The second-order valence-corrected chi connectivity index (χ2v) is 26.4. The van der Waals surface area contributed by atoms with Crippen molar-refractivity contribution >= 4 is 108 Å². The molecule has 2 bridgehead atoms.